The van der Waals surface area contributed by atoms with Gasteiger partial charge in [-0.25, -0.2) is 4.39 Å². The fourth-order valence-corrected chi connectivity index (χ4v) is 2.13. The summed E-state index contributed by atoms with van der Waals surface area (Å²) in [5.74, 6) is 0.487. The van der Waals surface area contributed by atoms with Crippen molar-refractivity contribution in [1.82, 2.24) is 10.6 Å². The van der Waals surface area contributed by atoms with E-state index in [4.69, 9.17) is 0 Å². The molecular weight excluding hydrogens is 193 g/mol. The van der Waals surface area contributed by atoms with Crippen molar-refractivity contribution in [2.75, 3.05) is 13.1 Å². The Hall–Kier alpha value is -1.42. The molecule has 0 aliphatic carbocycles. The minimum absolute atomic E-state index is 0.211. The lowest BCUT2D eigenvalue weighted by Crippen LogP contribution is -2.35. The van der Waals surface area contributed by atoms with Crippen LogP contribution in [0.25, 0.3) is 0 Å². The van der Waals surface area contributed by atoms with E-state index in [1.165, 1.54) is 6.07 Å². The molecule has 3 nitrogen and oxygen atoms in total. The van der Waals surface area contributed by atoms with E-state index in [1.807, 2.05) is 6.07 Å². The second kappa shape index (κ2) is 3.31. The van der Waals surface area contributed by atoms with Crippen LogP contribution < -0.4 is 10.6 Å². The van der Waals surface area contributed by atoms with Crippen LogP contribution in [0.1, 0.15) is 5.56 Å². The lowest BCUT2D eigenvalue weighted by atomic mass is 10.2. The lowest BCUT2D eigenvalue weighted by molar-refractivity contribution is 0.620. The summed E-state index contributed by atoms with van der Waals surface area (Å²) in [4.78, 5) is 4.48. The molecule has 0 radical (unpaired) electrons. The number of hydrogen-bond acceptors (Lipinski definition) is 3. The second-order valence-corrected chi connectivity index (χ2v) is 3.93. The topological polar surface area (TPSA) is 36.4 Å². The summed E-state index contributed by atoms with van der Waals surface area (Å²) in [5.41, 5.74) is 0.576. The van der Waals surface area contributed by atoms with Crippen molar-refractivity contribution in [3.8, 4) is 0 Å². The van der Waals surface area contributed by atoms with Crippen LogP contribution in [0.15, 0.2) is 29.3 Å². The van der Waals surface area contributed by atoms with Gasteiger partial charge in [0.25, 0.3) is 0 Å². The van der Waals surface area contributed by atoms with E-state index < -0.39 is 0 Å². The fourth-order valence-electron chi connectivity index (χ4n) is 2.13. The highest BCUT2D eigenvalue weighted by molar-refractivity contribution is 6.00. The molecule has 78 valence electrons. The zero-order valence-electron chi connectivity index (χ0n) is 8.20. The van der Waals surface area contributed by atoms with Gasteiger partial charge in [-0.1, -0.05) is 12.1 Å². The molecule has 2 atom stereocenters. The summed E-state index contributed by atoms with van der Waals surface area (Å²) in [6, 6.07) is 7.34. The maximum absolute atomic E-state index is 13.5. The van der Waals surface area contributed by atoms with Crippen LogP contribution >= 0.6 is 0 Å². The van der Waals surface area contributed by atoms with Gasteiger partial charge in [-0.3, -0.25) is 4.99 Å². The molecule has 4 heteroatoms. The van der Waals surface area contributed by atoms with E-state index in [9.17, 15) is 4.39 Å². The number of fused-ring (bicyclic) bond motifs is 1. The Morgan fingerprint density at radius 2 is 2.13 bits per heavy atom. The van der Waals surface area contributed by atoms with Gasteiger partial charge >= 0.3 is 0 Å². The number of nitrogens with one attached hydrogen (secondary N) is 2. The van der Waals surface area contributed by atoms with Crippen LogP contribution in [-0.4, -0.2) is 31.0 Å². The molecular formula is C11H12FN3. The van der Waals surface area contributed by atoms with Crippen LogP contribution in [0.2, 0.25) is 0 Å². The first-order chi connectivity index (χ1) is 7.34. The SMILES string of the molecule is Fc1ccccc1C1=NC2CNCC2N1. The summed E-state index contributed by atoms with van der Waals surface area (Å²) in [6.45, 7) is 1.79. The molecule has 1 saturated heterocycles. The first-order valence-corrected chi connectivity index (χ1v) is 5.14. The van der Waals surface area contributed by atoms with Crippen molar-refractivity contribution >= 4 is 5.84 Å². The first kappa shape index (κ1) is 8.85. The highest BCUT2D eigenvalue weighted by Crippen LogP contribution is 2.16. The predicted molar refractivity (Wildman–Crippen MR) is 56.5 cm³/mol. The van der Waals surface area contributed by atoms with Gasteiger partial charge in [-0.15, -0.1) is 0 Å². The smallest absolute Gasteiger partial charge is 0.134 e. The highest BCUT2D eigenvalue weighted by atomic mass is 19.1. The summed E-state index contributed by atoms with van der Waals surface area (Å²) in [5, 5.41) is 6.51. The standard InChI is InChI=1S/C11H12FN3/c12-8-4-2-1-3-7(8)11-14-9-5-13-6-10(9)15-11/h1-4,9-10,13H,5-6H2,(H,14,15). The fraction of sp³-hybridized carbons (Fsp3) is 0.364. The molecule has 3 rings (SSSR count). The number of benzene rings is 1. The van der Waals surface area contributed by atoms with Crippen molar-refractivity contribution < 1.29 is 4.39 Å². The van der Waals surface area contributed by atoms with Gasteiger partial charge < -0.3 is 10.6 Å². The van der Waals surface area contributed by atoms with Crippen molar-refractivity contribution in [1.29, 1.82) is 0 Å². The predicted octanol–water partition coefficient (Wildman–Crippen LogP) is 0.516. The molecule has 15 heavy (non-hydrogen) atoms. The van der Waals surface area contributed by atoms with E-state index in [0.717, 1.165) is 13.1 Å². The van der Waals surface area contributed by atoms with Crippen molar-refractivity contribution in [2.45, 2.75) is 12.1 Å². The summed E-state index contributed by atoms with van der Waals surface area (Å²) in [7, 11) is 0. The third-order valence-corrected chi connectivity index (χ3v) is 2.93. The molecule has 0 amide bonds. The Labute approximate surface area is 87.4 Å². The second-order valence-electron chi connectivity index (χ2n) is 3.93. The zero-order chi connectivity index (χ0) is 10.3. The number of aliphatic imine (C=N–C) groups is 1. The lowest BCUT2D eigenvalue weighted by Gasteiger charge is -2.08. The first-order valence-electron chi connectivity index (χ1n) is 5.14. The quantitative estimate of drug-likeness (QED) is 0.701. The van der Waals surface area contributed by atoms with Gasteiger partial charge in [0, 0.05) is 13.1 Å². The number of halogens is 1. The Balaban J connectivity index is 1.93. The van der Waals surface area contributed by atoms with E-state index in [-0.39, 0.29) is 11.9 Å². The van der Waals surface area contributed by atoms with Crippen LogP contribution in [0, 0.1) is 5.82 Å². The monoisotopic (exact) mass is 205 g/mol. The Morgan fingerprint density at radius 1 is 1.27 bits per heavy atom. The van der Waals surface area contributed by atoms with E-state index >= 15 is 0 Å². The maximum Gasteiger partial charge on any atom is 0.134 e. The van der Waals surface area contributed by atoms with Gasteiger partial charge in [0.15, 0.2) is 0 Å². The maximum atomic E-state index is 13.5. The largest absolute Gasteiger partial charge is 0.364 e. The molecule has 0 spiro atoms. The molecule has 1 fully saturated rings. The van der Waals surface area contributed by atoms with Gasteiger partial charge in [-0.2, -0.15) is 0 Å². The zero-order valence-corrected chi connectivity index (χ0v) is 8.20. The van der Waals surface area contributed by atoms with E-state index in [1.54, 1.807) is 12.1 Å². The van der Waals surface area contributed by atoms with Gasteiger partial charge in [0.1, 0.15) is 11.7 Å². The molecule has 2 N–H and O–H groups in total. The van der Waals surface area contributed by atoms with Crippen molar-refractivity contribution in [2.24, 2.45) is 4.99 Å². The summed E-state index contributed by atoms with van der Waals surface area (Å²) >= 11 is 0. The highest BCUT2D eigenvalue weighted by Gasteiger charge is 2.33. The van der Waals surface area contributed by atoms with E-state index in [2.05, 4.69) is 15.6 Å². The Kier molecular flexibility index (Phi) is 1.95. The molecule has 2 aliphatic heterocycles. The minimum atomic E-state index is -0.211. The number of amidine groups is 1. The molecule has 0 aromatic heterocycles. The molecule has 2 unspecified atom stereocenters. The van der Waals surface area contributed by atoms with Gasteiger partial charge in [-0.05, 0) is 12.1 Å². The van der Waals surface area contributed by atoms with Crippen LogP contribution in [0.3, 0.4) is 0 Å². The molecule has 1 aromatic rings. The normalized spacial score (nSPS) is 28.5. The third-order valence-electron chi connectivity index (χ3n) is 2.93. The number of nitrogens with zero attached hydrogens (tertiary/aromatic N) is 1. The molecule has 1 aromatic carbocycles. The molecule has 0 bridgehead atoms. The third kappa shape index (κ3) is 1.41. The average Bonchev–Trinajstić information content (AvgIpc) is 2.77. The molecule has 2 heterocycles. The Morgan fingerprint density at radius 3 is 2.93 bits per heavy atom. The van der Waals surface area contributed by atoms with Gasteiger partial charge in [0.05, 0.1) is 17.6 Å². The average molecular weight is 205 g/mol. The van der Waals surface area contributed by atoms with E-state index in [0.29, 0.717) is 17.4 Å². The number of hydrogen-bond donors (Lipinski definition) is 2. The minimum Gasteiger partial charge on any atom is -0.364 e. The van der Waals surface area contributed by atoms with Crippen LogP contribution in [0.5, 0.6) is 0 Å². The molecule has 2 aliphatic rings. The Bertz CT molecular complexity index is 416. The van der Waals surface area contributed by atoms with Crippen LogP contribution in [0.4, 0.5) is 4.39 Å². The van der Waals surface area contributed by atoms with Crippen molar-refractivity contribution in [3.05, 3.63) is 35.6 Å². The summed E-state index contributed by atoms with van der Waals surface area (Å²) < 4.78 is 13.5. The summed E-state index contributed by atoms with van der Waals surface area (Å²) in [6.07, 6.45) is 0. The van der Waals surface area contributed by atoms with Crippen LogP contribution in [-0.2, 0) is 0 Å². The molecule has 0 saturated carbocycles. The van der Waals surface area contributed by atoms with Crippen molar-refractivity contribution in [3.63, 3.8) is 0 Å². The number of rotatable bonds is 1. The van der Waals surface area contributed by atoms with Gasteiger partial charge in [0.2, 0.25) is 0 Å².